The molecule has 139 valence electrons. The molecule has 8 heteroatoms. The molecule has 0 N–H and O–H groups in total. The van der Waals surface area contributed by atoms with Gasteiger partial charge in [0.15, 0.2) is 20.5 Å². The van der Waals surface area contributed by atoms with Gasteiger partial charge in [-0.25, -0.2) is 18.4 Å². The number of rotatable bonds is 9. The molecule has 6 nitrogen and oxygen atoms in total. The van der Waals surface area contributed by atoms with Gasteiger partial charge in [-0.3, -0.25) is 0 Å². The molecule has 0 unspecified atom stereocenters. The number of fused-ring (bicyclic) bond motifs is 1. The zero-order valence-corrected chi connectivity index (χ0v) is 16.9. The predicted octanol–water partition coefficient (Wildman–Crippen LogP) is 4.14. The van der Waals surface area contributed by atoms with Crippen molar-refractivity contribution < 1.29 is 8.42 Å². The summed E-state index contributed by atoms with van der Waals surface area (Å²) in [7, 11) is -3.59. The molecule has 0 aromatic carbocycles. The summed E-state index contributed by atoms with van der Waals surface area (Å²) in [6, 6.07) is 0. The number of halogens is 1. The van der Waals surface area contributed by atoms with Crippen LogP contribution in [0.5, 0.6) is 0 Å². The minimum atomic E-state index is -3.59. The van der Waals surface area contributed by atoms with Crippen LogP contribution in [-0.2, 0) is 16.4 Å². The lowest BCUT2D eigenvalue weighted by Crippen LogP contribution is -2.18. The maximum absolute atomic E-state index is 12.7. The second kappa shape index (κ2) is 8.45. The van der Waals surface area contributed by atoms with E-state index in [4.69, 9.17) is 11.6 Å². The summed E-state index contributed by atoms with van der Waals surface area (Å²) in [4.78, 5) is 12.5. The van der Waals surface area contributed by atoms with E-state index in [0.29, 0.717) is 23.5 Å². The maximum Gasteiger partial charge on any atom is 0.225 e. The first-order valence-corrected chi connectivity index (χ1v) is 10.7. The quantitative estimate of drug-likeness (QED) is 0.368. The van der Waals surface area contributed by atoms with Gasteiger partial charge in [-0.05, 0) is 45.2 Å². The molecule has 2 aromatic rings. The van der Waals surface area contributed by atoms with Crippen LogP contribution in [0.1, 0.15) is 58.7 Å². The van der Waals surface area contributed by atoms with Crippen LogP contribution in [0.4, 0.5) is 0 Å². The Labute approximate surface area is 154 Å². The van der Waals surface area contributed by atoms with Crippen molar-refractivity contribution in [2.45, 2.75) is 76.6 Å². The van der Waals surface area contributed by atoms with Crippen molar-refractivity contribution in [2.24, 2.45) is 0 Å². The van der Waals surface area contributed by atoms with Crippen molar-refractivity contribution in [1.29, 1.82) is 0 Å². The van der Waals surface area contributed by atoms with Crippen LogP contribution in [0, 0.1) is 13.3 Å². The first-order valence-electron chi connectivity index (χ1n) is 8.75. The van der Waals surface area contributed by atoms with Gasteiger partial charge in [0.25, 0.3) is 0 Å². The second-order valence-corrected chi connectivity index (χ2v) is 9.23. The van der Waals surface area contributed by atoms with E-state index in [1.165, 1.54) is 19.3 Å². The largest absolute Gasteiger partial charge is 0.324 e. The monoisotopic (exact) mass is 385 g/mol. The molecule has 2 aromatic heterocycles. The van der Waals surface area contributed by atoms with Crippen LogP contribution in [0.25, 0.3) is 11.2 Å². The second-order valence-electron chi connectivity index (χ2n) is 6.47. The third kappa shape index (κ3) is 4.50. The number of hydrogen-bond donors (Lipinski definition) is 0. The maximum atomic E-state index is 12.7. The fraction of sp³-hybridized carbons (Fsp3) is 0.647. The number of imidazole rings is 1. The van der Waals surface area contributed by atoms with Crippen LogP contribution < -0.4 is 0 Å². The van der Waals surface area contributed by atoms with Crippen molar-refractivity contribution >= 4 is 32.6 Å². The average molecular weight is 386 g/mol. The number of sulfone groups is 1. The lowest BCUT2D eigenvalue weighted by atomic mass is 10.1. The fourth-order valence-electron chi connectivity index (χ4n) is 2.67. The highest BCUT2D eigenvalue weighted by Gasteiger charge is 2.28. The summed E-state index contributed by atoms with van der Waals surface area (Å²) in [5.41, 5.74) is 0.775. The molecule has 0 amide bonds. The molecule has 0 fully saturated rings. The molecule has 0 saturated heterocycles. The molecule has 0 aliphatic carbocycles. The number of aryl methyl sites for hydroxylation is 1. The summed E-state index contributed by atoms with van der Waals surface area (Å²) < 4.78 is 27.3. The molecule has 25 heavy (non-hydrogen) atoms. The van der Waals surface area contributed by atoms with Gasteiger partial charge >= 0.3 is 0 Å². The molecule has 2 heterocycles. The Kier molecular flexibility index (Phi) is 6.79. The van der Waals surface area contributed by atoms with E-state index in [0.717, 1.165) is 12.8 Å². The van der Waals surface area contributed by atoms with Gasteiger partial charge in [0.1, 0.15) is 11.3 Å². The van der Waals surface area contributed by atoms with E-state index in [-0.39, 0.29) is 10.3 Å². The van der Waals surface area contributed by atoms with Crippen LogP contribution in [0.2, 0.25) is 5.28 Å². The summed E-state index contributed by atoms with van der Waals surface area (Å²) in [5, 5.41) is -0.722. The molecule has 0 spiro atoms. The zero-order valence-electron chi connectivity index (χ0n) is 15.3. The average Bonchev–Trinajstić information content (AvgIpc) is 2.84. The molecule has 0 aliphatic rings. The normalized spacial score (nSPS) is 12.4. The molecule has 0 aliphatic heterocycles. The summed E-state index contributed by atoms with van der Waals surface area (Å²) >= 11 is 5.93. The lowest BCUT2D eigenvalue weighted by Gasteiger charge is -2.12. The molecular formula is C17H26ClN4O2S. The van der Waals surface area contributed by atoms with Gasteiger partial charge in [-0.1, -0.05) is 32.6 Å². The first-order chi connectivity index (χ1) is 11.8. The van der Waals surface area contributed by atoms with Gasteiger partial charge in [0.2, 0.25) is 5.28 Å². The van der Waals surface area contributed by atoms with Gasteiger partial charge in [-0.2, -0.15) is 4.98 Å². The highest BCUT2D eigenvalue weighted by molar-refractivity contribution is 7.92. The third-order valence-electron chi connectivity index (χ3n) is 4.20. The Morgan fingerprint density at radius 3 is 2.52 bits per heavy atom. The van der Waals surface area contributed by atoms with E-state index >= 15 is 0 Å². The third-order valence-corrected chi connectivity index (χ3v) is 6.43. The summed E-state index contributed by atoms with van der Waals surface area (Å²) in [6.45, 7) is 7.87. The SMILES string of the molecule is CCCCCC[CH]Cn1c(C)nc2nc(Cl)nc(S(=O)(=O)C(C)C)c21. The van der Waals surface area contributed by atoms with E-state index in [1.807, 2.05) is 11.5 Å². The molecule has 0 saturated carbocycles. The summed E-state index contributed by atoms with van der Waals surface area (Å²) in [6.07, 6.45) is 7.94. The fourth-order valence-corrected chi connectivity index (χ4v) is 4.01. The van der Waals surface area contributed by atoms with Crippen molar-refractivity contribution in [3.63, 3.8) is 0 Å². The van der Waals surface area contributed by atoms with Crippen molar-refractivity contribution in [2.75, 3.05) is 0 Å². The Morgan fingerprint density at radius 2 is 1.88 bits per heavy atom. The highest BCUT2D eigenvalue weighted by Crippen LogP contribution is 2.26. The van der Waals surface area contributed by atoms with Gasteiger partial charge in [0.05, 0.1) is 5.25 Å². The van der Waals surface area contributed by atoms with E-state index in [9.17, 15) is 8.42 Å². The molecule has 2 rings (SSSR count). The van der Waals surface area contributed by atoms with Crippen LogP contribution >= 0.6 is 11.6 Å². The number of aromatic nitrogens is 4. The number of unbranched alkanes of at least 4 members (excludes halogenated alkanes) is 5. The van der Waals surface area contributed by atoms with Crippen LogP contribution in [-0.4, -0.2) is 33.2 Å². The minimum absolute atomic E-state index is 0.0301. The van der Waals surface area contributed by atoms with Gasteiger partial charge in [0, 0.05) is 6.54 Å². The molecular weight excluding hydrogens is 360 g/mol. The van der Waals surface area contributed by atoms with Crippen LogP contribution in [0.3, 0.4) is 0 Å². The van der Waals surface area contributed by atoms with Crippen molar-refractivity contribution in [3.8, 4) is 0 Å². The standard InChI is InChI=1S/C17H26ClN4O2S/c1-5-6-7-8-9-10-11-22-13(4)19-15-14(22)16(21-17(18)20-15)25(23,24)12(2)3/h10,12H,5-9,11H2,1-4H3. The van der Waals surface area contributed by atoms with Gasteiger partial charge < -0.3 is 4.57 Å². The Balaban J connectivity index is 2.36. The molecule has 0 bridgehead atoms. The highest BCUT2D eigenvalue weighted by atomic mass is 35.5. The molecule has 0 atom stereocenters. The topological polar surface area (TPSA) is 77.7 Å². The lowest BCUT2D eigenvalue weighted by molar-refractivity contribution is 0.583. The van der Waals surface area contributed by atoms with Crippen LogP contribution in [0.15, 0.2) is 5.03 Å². The zero-order chi connectivity index (χ0) is 18.6. The summed E-state index contributed by atoms with van der Waals surface area (Å²) in [5.74, 6) is 0.705. The Morgan fingerprint density at radius 1 is 1.16 bits per heavy atom. The number of nitrogens with zero attached hydrogens (tertiary/aromatic N) is 4. The smallest absolute Gasteiger partial charge is 0.225 e. The molecule has 1 radical (unpaired) electrons. The minimum Gasteiger partial charge on any atom is -0.324 e. The van der Waals surface area contributed by atoms with E-state index in [2.05, 4.69) is 28.3 Å². The van der Waals surface area contributed by atoms with E-state index in [1.54, 1.807) is 13.8 Å². The first kappa shape index (κ1) is 20.1. The van der Waals surface area contributed by atoms with Crippen molar-refractivity contribution in [1.82, 2.24) is 19.5 Å². The van der Waals surface area contributed by atoms with Crippen molar-refractivity contribution in [3.05, 3.63) is 17.5 Å². The van der Waals surface area contributed by atoms with E-state index < -0.39 is 15.1 Å². The Bertz CT molecular complexity index is 831. The predicted molar refractivity (Wildman–Crippen MR) is 100 cm³/mol. The Hall–Kier alpha value is -1.21. The van der Waals surface area contributed by atoms with Gasteiger partial charge in [-0.15, -0.1) is 0 Å². The number of hydrogen-bond acceptors (Lipinski definition) is 5.